The SMILES string of the molecule is CC(C)S(=O)(=O)O.[KH]. The Morgan fingerprint density at radius 1 is 1.38 bits per heavy atom. The molecule has 0 radical (unpaired) electrons. The van der Waals surface area contributed by atoms with E-state index in [-0.39, 0.29) is 51.4 Å². The Kier molecular flexibility index (Phi) is 6.70. The molecule has 0 aliphatic carbocycles. The van der Waals surface area contributed by atoms with Crippen molar-refractivity contribution in [1.82, 2.24) is 0 Å². The van der Waals surface area contributed by atoms with Crippen LogP contribution in [0.1, 0.15) is 13.8 Å². The quantitative estimate of drug-likeness (QED) is 0.425. The van der Waals surface area contributed by atoms with Crippen LogP contribution in [0.15, 0.2) is 0 Å². The van der Waals surface area contributed by atoms with Gasteiger partial charge >= 0.3 is 51.4 Å². The van der Waals surface area contributed by atoms with E-state index in [9.17, 15) is 8.42 Å². The molecular weight excluding hydrogens is 155 g/mol. The maximum absolute atomic E-state index is 9.89. The Balaban J connectivity index is 0. The van der Waals surface area contributed by atoms with Gasteiger partial charge in [-0.25, -0.2) is 0 Å². The molecule has 5 heteroatoms. The van der Waals surface area contributed by atoms with E-state index in [4.69, 9.17) is 4.55 Å². The fraction of sp³-hybridized carbons (Fsp3) is 1.00. The van der Waals surface area contributed by atoms with Crippen LogP contribution < -0.4 is 0 Å². The fourth-order valence-electron chi connectivity index (χ4n) is 0. The summed E-state index contributed by atoms with van der Waals surface area (Å²) in [5.74, 6) is 0. The van der Waals surface area contributed by atoms with Crippen molar-refractivity contribution in [2.24, 2.45) is 0 Å². The van der Waals surface area contributed by atoms with Crippen LogP contribution in [0.3, 0.4) is 0 Å². The first-order chi connectivity index (χ1) is 2.94. The zero-order valence-corrected chi connectivity index (χ0v) is 5.07. The second-order valence-corrected chi connectivity index (χ2v) is 3.54. The Bertz CT molecular complexity index is 137. The predicted molar refractivity (Wildman–Crippen MR) is 33.8 cm³/mol. The first kappa shape index (κ1) is 12.2. The topological polar surface area (TPSA) is 54.4 Å². The van der Waals surface area contributed by atoms with Gasteiger partial charge in [0.25, 0.3) is 10.1 Å². The molecule has 0 aromatic rings. The second-order valence-electron chi connectivity index (χ2n) is 1.56. The molecule has 0 rings (SSSR count). The average molecular weight is 164 g/mol. The monoisotopic (exact) mass is 164 g/mol. The Morgan fingerprint density at radius 3 is 1.50 bits per heavy atom. The van der Waals surface area contributed by atoms with Gasteiger partial charge in [-0.3, -0.25) is 4.55 Å². The summed E-state index contributed by atoms with van der Waals surface area (Å²) in [5.41, 5.74) is 0. The molecule has 3 nitrogen and oxygen atoms in total. The zero-order valence-electron chi connectivity index (χ0n) is 4.25. The fourth-order valence-corrected chi connectivity index (χ4v) is 0. The molecule has 0 spiro atoms. The summed E-state index contributed by atoms with van der Waals surface area (Å²) in [6.45, 7) is 2.82. The Labute approximate surface area is 92.0 Å². The molecule has 0 aliphatic rings. The molecule has 0 aromatic heterocycles. The maximum atomic E-state index is 9.89. The molecule has 0 heterocycles. The van der Waals surface area contributed by atoms with Crippen molar-refractivity contribution in [1.29, 1.82) is 0 Å². The minimum absolute atomic E-state index is 0. The normalized spacial score (nSPS) is 11.0. The van der Waals surface area contributed by atoms with E-state index in [1.54, 1.807) is 0 Å². The van der Waals surface area contributed by atoms with Gasteiger partial charge in [0.2, 0.25) is 0 Å². The van der Waals surface area contributed by atoms with Crippen molar-refractivity contribution in [3.05, 3.63) is 0 Å². The van der Waals surface area contributed by atoms with E-state index in [1.807, 2.05) is 0 Å². The van der Waals surface area contributed by atoms with Crippen LogP contribution in [-0.4, -0.2) is 69.6 Å². The molecule has 1 N–H and O–H groups in total. The molecule has 0 atom stereocenters. The van der Waals surface area contributed by atoms with Gasteiger partial charge in [0.05, 0.1) is 5.25 Å². The molecule has 0 unspecified atom stereocenters. The van der Waals surface area contributed by atoms with Crippen molar-refractivity contribution >= 4 is 61.5 Å². The van der Waals surface area contributed by atoms with Gasteiger partial charge in [-0.2, -0.15) is 8.42 Å². The summed E-state index contributed by atoms with van der Waals surface area (Å²) >= 11 is 0. The third kappa shape index (κ3) is 5.68. The summed E-state index contributed by atoms with van der Waals surface area (Å²) < 4.78 is 27.8. The van der Waals surface area contributed by atoms with Crippen molar-refractivity contribution < 1.29 is 13.0 Å². The van der Waals surface area contributed by atoms with E-state index in [2.05, 4.69) is 0 Å². The standard InChI is InChI=1S/C3H8O3S.K.H/c1-3(2)7(4,5)6;;/h3H,1-2H3,(H,4,5,6);;. The van der Waals surface area contributed by atoms with Gasteiger partial charge in [0.1, 0.15) is 0 Å². The van der Waals surface area contributed by atoms with Crippen LogP contribution >= 0.6 is 0 Å². The van der Waals surface area contributed by atoms with Gasteiger partial charge in [-0.15, -0.1) is 0 Å². The van der Waals surface area contributed by atoms with Gasteiger partial charge in [0, 0.05) is 0 Å². The Morgan fingerprint density at radius 2 is 1.50 bits per heavy atom. The van der Waals surface area contributed by atoms with Crippen molar-refractivity contribution in [3.8, 4) is 0 Å². The second kappa shape index (κ2) is 4.38. The van der Waals surface area contributed by atoms with Crippen LogP contribution in [0.5, 0.6) is 0 Å². The first-order valence-corrected chi connectivity index (χ1v) is 3.41. The molecule has 0 aliphatic heterocycles. The van der Waals surface area contributed by atoms with E-state index in [0.717, 1.165) is 0 Å². The minimum atomic E-state index is -3.74. The van der Waals surface area contributed by atoms with Crippen LogP contribution in [0, 0.1) is 0 Å². The summed E-state index contributed by atoms with van der Waals surface area (Å²) in [6, 6.07) is 0. The summed E-state index contributed by atoms with van der Waals surface area (Å²) in [6.07, 6.45) is 0. The first-order valence-electron chi connectivity index (χ1n) is 1.91. The number of hydrogen-bond donors (Lipinski definition) is 1. The molecule has 0 aromatic carbocycles. The molecular formula is C3H9KO3S. The van der Waals surface area contributed by atoms with Gasteiger partial charge < -0.3 is 0 Å². The van der Waals surface area contributed by atoms with Crippen molar-refractivity contribution in [2.45, 2.75) is 19.1 Å². The molecule has 46 valence electrons. The van der Waals surface area contributed by atoms with Gasteiger partial charge in [-0.1, -0.05) is 0 Å². The molecule has 0 saturated heterocycles. The molecule has 0 amide bonds. The predicted octanol–water partition coefficient (Wildman–Crippen LogP) is -0.366. The van der Waals surface area contributed by atoms with E-state index < -0.39 is 15.4 Å². The molecule has 8 heavy (non-hydrogen) atoms. The van der Waals surface area contributed by atoms with Gasteiger partial charge in [-0.05, 0) is 13.8 Å². The number of rotatable bonds is 1. The van der Waals surface area contributed by atoms with Crippen LogP contribution in [0.2, 0.25) is 0 Å². The summed E-state index contributed by atoms with van der Waals surface area (Å²) in [5, 5.41) is -0.674. The van der Waals surface area contributed by atoms with Crippen molar-refractivity contribution in [2.75, 3.05) is 0 Å². The molecule has 0 bridgehead atoms. The van der Waals surface area contributed by atoms with Gasteiger partial charge in [0.15, 0.2) is 0 Å². The van der Waals surface area contributed by atoms with Crippen LogP contribution in [-0.2, 0) is 10.1 Å². The van der Waals surface area contributed by atoms with E-state index in [1.165, 1.54) is 13.8 Å². The van der Waals surface area contributed by atoms with Crippen LogP contribution in [0.25, 0.3) is 0 Å². The van der Waals surface area contributed by atoms with Crippen LogP contribution in [0.4, 0.5) is 0 Å². The summed E-state index contributed by atoms with van der Waals surface area (Å²) in [4.78, 5) is 0. The van der Waals surface area contributed by atoms with Crippen molar-refractivity contribution in [3.63, 3.8) is 0 Å². The zero-order chi connectivity index (χ0) is 6.08. The average Bonchev–Trinajstić information content (AvgIpc) is 1.31. The van der Waals surface area contributed by atoms with E-state index >= 15 is 0 Å². The third-order valence-electron chi connectivity index (χ3n) is 0.596. The third-order valence-corrected chi connectivity index (χ3v) is 1.79. The Hall–Kier alpha value is 1.55. The number of hydrogen-bond acceptors (Lipinski definition) is 2. The summed E-state index contributed by atoms with van der Waals surface area (Å²) in [7, 11) is -3.74. The van der Waals surface area contributed by atoms with E-state index in [0.29, 0.717) is 0 Å². The molecule has 0 fully saturated rings. The molecule has 0 saturated carbocycles.